The molecule has 42 heavy (non-hydrogen) atoms. The monoisotopic (exact) mass is 600 g/mol. The van der Waals surface area contributed by atoms with Crippen LogP contribution in [0.15, 0.2) is 75.6 Å². The van der Waals surface area contributed by atoms with Gasteiger partial charge in [-0.1, -0.05) is 77.2 Å². The second kappa shape index (κ2) is 23.5. The van der Waals surface area contributed by atoms with Crippen LogP contribution in [0.4, 0.5) is 0 Å². The summed E-state index contributed by atoms with van der Waals surface area (Å²) in [6.07, 6.45) is 31.1. The Kier molecular flexibility index (Phi) is 23.6. The van der Waals surface area contributed by atoms with Crippen molar-refractivity contribution >= 4 is 26.8 Å². The topological polar surface area (TPSA) is 119 Å². The highest BCUT2D eigenvalue weighted by atomic mass is 32.2. The molecule has 0 radical (unpaired) electrons. The normalized spacial score (nSPS) is 10.8. The molecule has 0 atom stereocenters. The summed E-state index contributed by atoms with van der Waals surface area (Å²) in [6, 6.07) is 2.86. The number of nitrogens with one attached hydrogen (secondary N) is 1. The Morgan fingerprint density at radius 1 is 1.12 bits per heavy atom. The Morgan fingerprint density at radius 3 is 2.19 bits per heavy atom. The van der Waals surface area contributed by atoms with Gasteiger partial charge in [0.15, 0.2) is 15.4 Å². The largest absolute Gasteiger partial charge is 0.481 e. The number of terminal acetylenes is 2. The zero-order chi connectivity index (χ0) is 33.4. The van der Waals surface area contributed by atoms with Gasteiger partial charge in [0.1, 0.15) is 0 Å². The average Bonchev–Trinajstić information content (AvgIpc) is 3.29. The van der Waals surface area contributed by atoms with Crippen LogP contribution in [-0.4, -0.2) is 30.0 Å². The summed E-state index contributed by atoms with van der Waals surface area (Å²) < 4.78 is 31.7. The van der Waals surface area contributed by atoms with Gasteiger partial charge in [0.2, 0.25) is 0 Å². The fraction of sp³-hybridized carbons (Fsp3) is 0.394. The van der Waals surface area contributed by atoms with Crippen molar-refractivity contribution in [2.45, 2.75) is 79.3 Å². The van der Waals surface area contributed by atoms with Gasteiger partial charge >= 0.3 is 5.97 Å². The van der Waals surface area contributed by atoms with Gasteiger partial charge in [-0.3, -0.25) is 9.59 Å². The van der Waals surface area contributed by atoms with Gasteiger partial charge in [0, 0.05) is 6.54 Å². The summed E-state index contributed by atoms with van der Waals surface area (Å²) in [7, 11) is -3.57. The van der Waals surface area contributed by atoms with Crippen molar-refractivity contribution in [2.75, 3.05) is 5.75 Å². The van der Waals surface area contributed by atoms with Crippen molar-refractivity contribution in [3.63, 3.8) is 0 Å². The number of allylic oxidation sites excluding steroid dienone is 6. The zero-order valence-corrected chi connectivity index (χ0v) is 26.9. The minimum absolute atomic E-state index is 0.0754. The molecule has 0 aliphatic rings. The van der Waals surface area contributed by atoms with Crippen LogP contribution in [0.2, 0.25) is 0 Å². The standard InChI is InChI=1S/C20H28N2O6S.C7H10.C2H6.2C2H2/c1-5-7-8-9-21-12-14-10-16-15(11-17(14)29(26,27)6-2)18(23)22(28-16)13-20(3,4)19(24)25;1-3-5-7-6-4-2;3*1-2/h8-11,21H,5-7,12-13H2,1-4H3,(H,24,25);3-7H,1H2,2H3;1-2H3;2*1-2H/b;6-4-,7-5-;;;. The molecule has 0 bridgehead atoms. The van der Waals surface area contributed by atoms with Crippen LogP contribution in [0.25, 0.3) is 11.0 Å². The summed E-state index contributed by atoms with van der Waals surface area (Å²) in [6.45, 7) is 16.1. The van der Waals surface area contributed by atoms with Gasteiger partial charge in [0.25, 0.3) is 5.56 Å². The van der Waals surface area contributed by atoms with E-state index in [0.717, 1.165) is 17.6 Å². The first-order valence-corrected chi connectivity index (χ1v) is 15.2. The first kappa shape index (κ1) is 42.3. The number of sulfone groups is 1. The summed E-state index contributed by atoms with van der Waals surface area (Å²) in [5, 5.41) is 12.5. The molecule has 0 spiro atoms. The van der Waals surface area contributed by atoms with E-state index in [1.807, 2.05) is 51.2 Å². The first-order valence-electron chi connectivity index (χ1n) is 13.5. The van der Waals surface area contributed by atoms with Crippen molar-refractivity contribution in [1.82, 2.24) is 10.1 Å². The molecule has 9 heteroatoms. The van der Waals surface area contributed by atoms with E-state index in [-0.39, 0.29) is 34.7 Å². The summed E-state index contributed by atoms with van der Waals surface area (Å²) in [4.78, 5) is 24.1. The van der Waals surface area contributed by atoms with Crippen LogP contribution in [0, 0.1) is 31.1 Å². The van der Waals surface area contributed by atoms with Crippen LogP contribution in [0.3, 0.4) is 0 Å². The minimum atomic E-state index is -3.57. The van der Waals surface area contributed by atoms with E-state index in [1.54, 1.807) is 19.2 Å². The van der Waals surface area contributed by atoms with Crippen LogP contribution in [0.5, 0.6) is 0 Å². The predicted octanol–water partition coefficient (Wildman–Crippen LogP) is 6.73. The molecule has 0 saturated heterocycles. The lowest BCUT2D eigenvalue weighted by Gasteiger charge is -2.17. The molecule has 0 amide bonds. The SMILES string of the molecule is C#C.C#C.C=C/C=C\C=C/C.CC.CCCC=CNCc1cc2on(CC(C)(C)C(=O)O)c(=O)c2cc1S(=O)(=O)CC. The number of aliphatic carboxylic acids is 1. The number of unbranched alkanes of at least 4 members (excludes halogenated alkanes) is 1. The van der Waals surface area contributed by atoms with E-state index in [9.17, 15) is 23.1 Å². The maximum absolute atomic E-state index is 12.7. The molecule has 2 rings (SSSR count). The van der Waals surface area contributed by atoms with E-state index in [1.165, 1.54) is 26.0 Å². The van der Waals surface area contributed by atoms with Crippen molar-refractivity contribution in [3.8, 4) is 25.7 Å². The van der Waals surface area contributed by atoms with E-state index >= 15 is 0 Å². The highest BCUT2D eigenvalue weighted by molar-refractivity contribution is 7.91. The molecule has 232 valence electrons. The number of hydrogen-bond acceptors (Lipinski definition) is 6. The van der Waals surface area contributed by atoms with Gasteiger partial charge in [-0.2, -0.15) is 4.74 Å². The Balaban J connectivity index is -0.000000996. The Hall–Kier alpha value is -4.21. The fourth-order valence-electron chi connectivity index (χ4n) is 3.01. The van der Waals surface area contributed by atoms with Crippen LogP contribution >= 0.6 is 0 Å². The third-order valence-corrected chi connectivity index (χ3v) is 7.01. The van der Waals surface area contributed by atoms with Gasteiger partial charge < -0.3 is 14.9 Å². The molecule has 1 aromatic heterocycles. The molecule has 2 N–H and O–H groups in total. The molecule has 1 aromatic carbocycles. The van der Waals surface area contributed by atoms with Gasteiger partial charge in [-0.25, -0.2) is 8.42 Å². The fourth-order valence-corrected chi connectivity index (χ4v) is 4.15. The summed E-state index contributed by atoms with van der Waals surface area (Å²) in [5.74, 6) is -1.17. The van der Waals surface area contributed by atoms with E-state index in [4.69, 9.17) is 4.52 Å². The van der Waals surface area contributed by atoms with Crippen LogP contribution in [0.1, 0.15) is 66.9 Å². The van der Waals surface area contributed by atoms with Crippen LogP contribution < -0.4 is 10.9 Å². The van der Waals surface area contributed by atoms with Gasteiger partial charge in [-0.05, 0) is 51.1 Å². The smallest absolute Gasteiger partial charge is 0.311 e. The average molecular weight is 601 g/mol. The lowest BCUT2D eigenvalue weighted by molar-refractivity contribution is -0.148. The number of carbonyl (C=O) groups is 1. The third kappa shape index (κ3) is 14.4. The number of fused-ring (bicyclic) bond motifs is 1. The molecular formula is C33H48N2O6S. The van der Waals surface area contributed by atoms with E-state index in [2.05, 4.69) is 44.5 Å². The number of nitrogens with zero attached hydrogens (tertiary/aromatic N) is 1. The zero-order valence-electron chi connectivity index (χ0n) is 26.1. The molecule has 2 aromatic rings. The number of carboxylic acids is 1. The predicted molar refractivity (Wildman–Crippen MR) is 176 cm³/mol. The quantitative estimate of drug-likeness (QED) is 0.205. The number of aromatic nitrogens is 1. The lowest BCUT2D eigenvalue weighted by atomic mass is 9.94. The highest BCUT2D eigenvalue weighted by Gasteiger charge is 2.30. The molecule has 1 heterocycles. The highest BCUT2D eigenvalue weighted by Crippen LogP contribution is 2.25. The lowest BCUT2D eigenvalue weighted by Crippen LogP contribution is -2.32. The van der Waals surface area contributed by atoms with Crippen LogP contribution in [-0.2, 0) is 27.7 Å². The molecule has 0 aliphatic heterocycles. The molecule has 0 unspecified atom stereocenters. The summed E-state index contributed by atoms with van der Waals surface area (Å²) in [5.41, 5.74) is -1.06. The molecule has 0 saturated carbocycles. The second-order valence-corrected chi connectivity index (χ2v) is 10.9. The van der Waals surface area contributed by atoms with Crippen molar-refractivity contribution in [2.24, 2.45) is 5.41 Å². The number of benzene rings is 1. The first-order chi connectivity index (χ1) is 19.9. The number of carboxylic acid groups (broad SMARTS) is 1. The van der Waals surface area contributed by atoms with E-state index in [0.29, 0.717) is 5.56 Å². The third-order valence-electron chi connectivity index (χ3n) is 5.20. The van der Waals surface area contributed by atoms with Crippen molar-refractivity contribution in [1.29, 1.82) is 0 Å². The minimum Gasteiger partial charge on any atom is -0.481 e. The van der Waals surface area contributed by atoms with Gasteiger partial charge in [0.05, 0.1) is 28.0 Å². The number of rotatable bonds is 12. The number of hydrogen-bond donors (Lipinski definition) is 2. The summed E-state index contributed by atoms with van der Waals surface area (Å²) >= 11 is 0. The van der Waals surface area contributed by atoms with E-state index < -0.39 is 26.8 Å². The molecular weight excluding hydrogens is 552 g/mol. The molecule has 0 aliphatic carbocycles. The Morgan fingerprint density at radius 2 is 1.71 bits per heavy atom. The van der Waals surface area contributed by atoms with Gasteiger partial charge in [-0.15, -0.1) is 25.7 Å². The Bertz CT molecular complexity index is 1360. The maximum atomic E-state index is 12.7. The Labute approximate surface area is 252 Å². The second-order valence-electron chi connectivity index (χ2n) is 8.70. The van der Waals surface area contributed by atoms with Crippen molar-refractivity contribution < 1.29 is 22.8 Å². The molecule has 8 nitrogen and oxygen atoms in total. The van der Waals surface area contributed by atoms with Crippen molar-refractivity contribution in [3.05, 3.63) is 77.3 Å². The maximum Gasteiger partial charge on any atom is 0.311 e. The molecule has 0 fully saturated rings.